The Hall–Kier alpha value is -2.50. The van der Waals surface area contributed by atoms with Crippen molar-refractivity contribution in [3.63, 3.8) is 0 Å². The molecule has 0 spiro atoms. The molecule has 4 rings (SSSR count). The number of hydrogen-bond acceptors (Lipinski definition) is 2. The molecule has 2 heterocycles. The largest absolute Gasteiger partial charge is 0.279 e. The maximum Gasteiger partial charge on any atom is 0.150 e. The van der Waals surface area contributed by atoms with E-state index in [1.54, 1.807) is 22.9 Å². The minimum Gasteiger partial charge on any atom is -0.279 e. The van der Waals surface area contributed by atoms with Crippen LogP contribution in [0.25, 0.3) is 28.0 Å². The molecule has 0 unspecified atom stereocenters. The van der Waals surface area contributed by atoms with Crippen LogP contribution in [0, 0.1) is 18.6 Å². The molecule has 0 saturated carbocycles. The Balaban J connectivity index is 2.04. The van der Waals surface area contributed by atoms with Gasteiger partial charge in [0.15, 0.2) is 5.82 Å². The van der Waals surface area contributed by atoms with Gasteiger partial charge in [0.25, 0.3) is 0 Å². The highest BCUT2D eigenvalue weighted by atomic mass is 35.5. The summed E-state index contributed by atoms with van der Waals surface area (Å²) in [6, 6.07) is 8.75. The summed E-state index contributed by atoms with van der Waals surface area (Å²) in [5, 5.41) is 0.509. The topological polar surface area (TPSA) is 30.7 Å². The molecule has 2 aromatic carbocycles. The van der Waals surface area contributed by atoms with Crippen molar-refractivity contribution in [3.8, 4) is 16.9 Å². The van der Waals surface area contributed by atoms with E-state index in [1.165, 1.54) is 24.5 Å². The minimum atomic E-state index is -0.510. The number of imidazole rings is 1. The zero-order chi connectivity index (χ0) is 18.4. The van der Waals surface area contributed by atoms with E-state index in [2.05, 4.69) is 9.97 Å². The van der Waals surface area contributed by atoms with Gasteiger partial charge in [-0.1, -0.05) is 23.2 Å². The van der Waals surface area contributed by atoms with E-state index in [9.17, 15) is 8.78 Å². The van der Waals surface area contributed by atoms with Gasteiger partial charge >= 0.3 is 0 Å². The molecule has 0 aliphatic rings. The van der Waals surface area contributed by atoms with Crippen LogP contribution in [0.2, 0.25) is 10.0 Å². The normalized spacial score (nSPS) is 11.3. The molecule has 0 N–H and O–H groups in total. The zero-order valence-electron chi connectivity index (χ0n) is 13.5. The molecule has 4 aromatic rings. The first-order chi connectivity index (χ1) is 12.5. The van der Waals surface area contributed by atoms with E-state index in [0.717, 1.165) is 5.56 Å². The van der Waals surface area contributed by atoms with E-state index in [0.29, 0.717) is 22.5 Å². The third-order valence-electron chi connectivity index (χ3n) is 4.13. The lowest BCUT2D eigenvalue weighted by atomic mass is 10.0. The number of hydrogen-bond donors (Lipinski definition) is 0. The highest BCUT2D eigenvalue weighted by molar-refractivity contribution is 6.33. The fraction of sp³-hybridized carbons (Fsp3) is 0.0526. The number of fused-ring (bicyclic) bond motifs is 1. The molecule has 0 fully saturated rings. The van der Waals surface area contributed by atoms with E-state index in [1.807, 2.05) is 13.0 Å². The van der Waals surface area contributed by atoms with Crippen molar-refractivity contribution in [2.75, 3.05) is 0 Å². The number of aromatic nitrogens is 3. The van der Waals surface area contributed by atoms with Gasteiger partial charge in [0.2, 0.25) is 0 Å². The van der Waals surface area contributed by atoms with Crippen LogP contribution < -0.4 is 0 Å². The molecule has 0 radical (unpaired) electrons. The van der Waals surface area contributed by atoms with Crippen LogP contribution in [0.3, 0.4) is 0 Å². The average Bonchev–Trinajstić information content (AvgIpc) is 2.99. The minimum absolute atomic E-state index is 0.246. The average molecular weight is 390 g/mol. The van der Waals surface area contributed by atoms with Gasteiger partial charge in [-0.15, -0.1) is 0 Å². The van der Waals surface area contributed by atoms with E-state index in [4.69, 9.17) is 23.2 Å². The lowest BCUT2D eigenvalue weighted by Gasteiger charge is -2.14. The second-order valence-corrected chi connectivity index (χ2v) is 6.66. The van der Waals surface area contributed by atoms with Gasteiger partial charge in [-0.2, -0.15) is 0 Å². The van der Waals surface area contributed by atoms with Gasteiger partial charge in [-0.25, -0.2) is 18.7 Å². The predicted octanol–water partition coefficient (Wildman–Crippen LogP) is 5.98. The lowest BCUT2D eigenvalue weighted by Crippen LogP contribution is -2.02. The highest BCUT2D eigenvalue weighted by Gasteiger charge is 2.18. The molecule has 2 aromatic heterocycles. The van der Waals surface area contributed by atoms with Crippen LogP contribution in [-0.2, 0) is 0 Å². The summed E-state index contributed by atoms with van der Waals surface area (Å²) in [5.74, 6) is -0.498. The second kappa shape index (κ2) is 6.34. The molecule has 0 aliphatic carbocycles. The van der Waals surface area contributed by atoms with Crippen LogP contribution in [-0.4, -0.2) is 14.5 Å². The Morgan fingerprint density at radius 1 is 1.00 bits per heavy atom. The third-order valence-corrected chi connectivity index (χ3v) is 4.66. The van der Waals surface area contributed by atoms with Gasteiger partial charge in [0.05, 0.1) is 10.5 Å². The number of benzene rings is 2. The molecule has 0 amide bonds. The van der Waals surface area contributed by atoms with Crippen molar-refractivity contribution in [1.29, 1.82) is 0 Å². The van der Waals surface area contributed by atoms with Crippen molar-refractivity contribution in [2.24, 2.45) is 0 Å². The molecule has 0 aliphatic heterocycles. The molecule has 130 valence electrons. The summed E-state index contributed by atoms with van der Waals surface area (Å²) in [5.41, 5.74) is 2.80. The van der Waals surface area contributed by atoms with Crippen molar-refractivity contribution >= 4 is 34.2 Å². The summed E-state index contributed by atoms with van der Waals surface area (Å²) in [6.45, 7) is 1.88. The number of nitrogens with zero attached hydrogens (tertiary/aromatic N) is 3. The fourth-order valence-corrected chi connectivity index (χ4v) is 3.44. The van der Waals surface area contributed by atoms with Crippen LogP contribution in [0.5, 0.6) is 0 Å². The number of aryl methyl sites for hydroxylation is 1. The van der Waals surface area contributed by atoms with Crippen molar-refractivity contribution < 1.29 is 8.78 Å². The maximum absolute atomic E-state index is 14.5. The summed E-state index contributed by atoms with van der Waals surface area (Å²) in [7, 11) is 0. The first-order valence-corrected chi connectivity index (χ1v) is 8.45. The van der Waals surface area contributed by atoms with E-state index in [-0.39, 0.29) is 15.6 Å². The van der Waals surface area contributed by atoms with Gasteiger partial charge in [-0.3, -0.25) is 4.57 Å². The second-order valence-electron chi connectivity index (χ2n) is 5.82. The van der Waals surface area contributed by atoms with Crippen LogP contribution in [0.1, 0.15) is 5.56 Å². The summed E-state index contributed by atoms with van der Waals surface area (Å²) in [6.07, 6.45) is 3.10. The Labute approximate surface area is 157 Å². The Morgan fingerprint density at radius 2 is 1.81 bits per heavy atom. The van der Waals surface area contributed by atoms with Gasteiger partial charge in [0, 0.05) is 22.3 Å². The number of halogens is 4. The first kappa shape index (κ1) is 16.9. The SMILES string of the molecule is Cc1ccnc(-n2cnc3cc(Cl)cc(F)c32)c1-c1ccc(F)cc1Cl. The predicted molar refractivity (Wildman–Crippen MR) is 99.0 cm³/mol. The Kier molecular flexibility index (Phi) is 4.13. The fourth-order valence-electron chi connectivity index (χ4n) is 2.98. The van der Waals surface area contributed by atoms with Crippen molar-refractivity contribution in [3.05, 3.63) is 76.2 Å². The Morgan fingerprint density at radius 3 is 2.58 bits per heavy atom. The van der Waals surface area contributed by atoms with Gasteiger partial charge in [-0.05, 0) is 48.9 Å². The van der Waals surface area contributed by atoms with Crippen LogP contribution in [0.15, 0.2) is 48.9 Å². The smallest absolute Gasteiger partial charge is 0.150 e. The molecule has 7 heteroatoms. The van der Waals surface area contributed by atoms with Crippen LogP contribution in [0.4, 0.5) is 8.78 Å². The molecule has 0 atom stereocenters. The highest BCUT2D eigenvalue weighted by Crippen LogP contribution is 2.36. The molecule has 3 nitrogen and oxygen atoms in total. The first-order valence-electron chi connectivity index (χ1n) is 7.69. The van der Waals surface area contributed by atoms with Crippen LogP contribution >= 0.6 is 23.2 Å². The maximum atomic E-state index is 14.5. The molecule has 0 bridgehead atoms. The summed E-state index contributed by atoms with van der Waals surface area (Å²) >= 11 is 12.2. The zero-order valence-corrected chi connectivity index (χ0v) is 15.0. The summed E-state index contributed by atoms with van der Waals surface area (Å²) < 4.78 is 29.5. The van der Waals surface area contributed by atoms with Gasteiger partial charge in [0.1, 0.15) is 23.5 Å². The number of rotatable bonds is 2. The number of pyridine rings is 1. The third kappa shape index (κ3) is 2.73. The van der Waals surface area contributed by atoms with E-state index >= 15 is 0 Å². The quantitative estimate of drug-likeness (QED) is 0.422. The van der Waals surface area contributed by atoms with Crippen molar-refractivity contribution in [2.45, 2.75) is 6.92 Å². The summed E-state index contributed by atoms with van der Waals surface area (Å²) in [4.78, 5) is 8.63. The van der Waals surface area contributed by atoms with Crippen molar-refractivity contribution in [1.82, 2.24) is 14.5 Å². The lowest BCUT2D eigenvalue weighted by molar-refractivity contribution is 0.628. The monoisotopic (exact) mass is 389 g/mol. The molecular weight excluding hydrogens is 379 g/mol. The Bertz CT molecular complexity index is 1160. The molecule has 26 heavy (non-hydrogen) atoms. The molecule has 0 saturated heterocycles. The van der Waals surface area contributed by atoms with E-state index < -0.39 is 11.6 Å². The standard InChI is InChI=1S/C19H11Cl2F2N3/c1-10-4-5-24-19(17(10)13-3-2-12(22)8-14(13)21)26-9-25-16-7-11(20)6-15(23)18(16)26/h2-9H,1H3. The molecular formula is C19H11Cl2F2N3. The van der Waals surface area contributed by atoms with Gasteiger partial charge < -0.3 is 0 Å².